The van der Waals surface area contributed by atoms with Crippen LogP contribution in [0.4, 0.5) is 30.5 Å². The number of benzene rings is 1. The van der Waals surface area contributed by atoms with Crippen molar-refractivity contribution < 1.29 is 23.1 Å². The number of carbonyl (C=O) groups excluding carboxylic acids is 1. The third-order valence-corrected chi connectivity index (χ3v) is 6.48. The number of aromatic nitrogens is 2. The van der Waals surface area contributed by atoms with E-state index in [4.69, 9.17) is 17.3 Å². The van der Waals surface area contributed by atoms with Gasteiger partial charge in [0.15, 0.2) is 11.6 Å². The van der Waals surface area contributed by atoms with Crippen molar-refractivity contribution in [2.45, 2.75) is 50.3 Å². The number of rotatable bonds is 5. The van der Waals surface area contributed by atoms with Gasteiger partial charge in [-0.3, -0.25) is 4.79 Å². The topological polar surface area (TPSA) is 108 Å². The molecule has 4 N–H and O–H groups in total. The van der Waals surface area contributed by atoms with E-state index >= 15 is 0 Å². The Morgan fingerprint density at radius 3 is 2.74 bits per heavy atom. The Kier molecular flexibility index (Phi) is 6.77. The molecule has 2 aliphatic rings. The van der Waals surface area contributed by atoms with Gasteiger partial charge in [-0.1, -0.05) is 11.6 Å². The predicted octanol–water partition coefficient (Wildman–Crippen LogP) is 3.01. The SMILES string of the molecule is CC(F)(F)c1cc(Cl)cc(N[C@@H]2CCCN([C@H]3CN(c4ncnc(N)c4F)CC[C@@H]3O)C2=O)c1. The lowest BCUT2D eigenvalue weighted by Crippen LogP contribution is -2.61. The summed E-state index contributed by atoms with van der Waals surface area (Å²) >= 11 is 6.02. The average Bonchev–Trinajstić information content (AvgIpc) is 2.77. The molecule has 8 nitrogen and oxygen atoms in total. The predicted molar refractivity (Wildman–Crippen MR) is 122 cm³/mol. The minimum Gasteiger partial charge on any atom is -0.391 e. The van der Waals surface area contributed by atoms with Crippen molar-refractivity contribution in [2.24, 2.45) is 0 Å². The van der Waals surface area contributed by atoms with Crippen molar-refractivity contribution >= 4 is 34.8 Å². The first-order valence-electron chi connectivity index (χ1n) is 11.0. The zero-order valence-electron chi connectivity index (χ0n) is 18.5. The Labute approximate surface area is 199 Å². The van der Waals surface area contributed by atoms with Crippen LogP contribution in [0.25, 0.3) is 0 Å². The molecule has 34 heavy (non-hydrogen) atoms. The van der Waals surface area contributed by atoms with Crippen molar-refractivity contribution in [3.63, 3.8) is 0 Å². The first kappa shape index (κ1) is 24.3. The van der Waals surface area contributed by atoms with Crippen molar-refractivity contribution in [3.05, 3.63) is 40.9 Å². The monoisotopic (exact) mass is 498 g/mol. The summed E-state index contributed by atoms with van der Waals surface area (Å²) in [7, 11) is 0. The van der Waals surface area contributed by atoms with Gasteiger partial charge in [0, 0.05) is 42.8 Å². The molecule has 0 spiro atoms. The third-order valence-electron chi connectivity index (χ3n) is 6.26. The number of aliphatic hydroxyl groups is 1. The lowest BCUT2D eigenvalue weighted by Gasteiger charge is -2.45. The Morgan fingerprint density at radius 1 is 1.24 bits per heavy atom. The summed E-state index contributed by atoms with van der Waals surface area (Å²) in [6.07, 6.45) is 1.79. The van der Waals surface area contributed by atoms with Crippen LogP contribution in [-0.4, -0.2) is 63.7 Å². The smallest absolute Gasteiger partial charge is 0.270 e. The van der Waals surface area contributed by atoms with Gasteiger partial charge in [-0.05, 0) is 37.5 Å². The van der Waals surface area contributed by atoms with E-state index in [1.54, 1.807) is 9.80 Å². The molecule has 2 fully saturated rings. The van der Waals surface area contributed by atoms with Crippen LogP contribution in [0.5, 0.6) is 0 Å². The van der Waals surface area contributed by atoms with Crippen LogP contribution in [0, 0.1) is 5.82 Å². The number of aliphatic hydroxyl groups excluding tert-OH is 1. The first-order valence-corrected chi connectivity index (χ1v) is 11.4. The normalized spacial score (nSPS) is 23.8. The van der Waals surface area contributed by atoms with E-state index in [-0.39, 0.29) is 34.7 Å². The number of hydrogen-bond acceptors (Lipinski definition) is 7. The van der Waals surface area contributed by atoms with Crippen molar-refractivity contribution in [2.75, 3.05) is 35.6 Å². The van der Waals surface area contributed by atoms with E-state index in [9.17, 15) is 23.1 Å². The molecule has 0 aliphatic carbocycles. The van der Waals surface area contributed by atoms with E-state index in [0.29, 0.717) is 38.0 Å². The number of likely N-dealkylation sites (tertiary alicyclic amines) is 1. The maximum absolute atomic E-state index is 14.5. The highest BCUT2D eigenvalue weighted by molar-refractivity contribution is 6.31. The van der Waals surface area contributed by atoms with Gasteiger partial charge in [0.1, 0.15) is 12.4 Å². The zero-order chi connectivity index (χ0) is 24.6. The number of hydrogen-bond donors (Lipinski definition) is 3. The molecule has 4 rings (SSSR count). The van der Waals surface area contributed by atoms with Gasteiger partial charge in [0.2, 0.25) is 11.7 Å². The summed E-state index contributed by atoms with van der Waals surface area (Å²) in [4.78, 5) is 24.2. The minimum absolute atomic E-state index is 0.0236. The van der Waals surface area contributed by atoms with Gasteiger partial charge < -0.3 is 26.0 Å². The largest absolute Gasteiger partial charge is 0.391 e. The fourth-order valence-corrected chi connectivity index (χ4v) is 4.74. The van der Waals surface area contributed by atoms with Crippen LogP contribution in [0.15, 0.2) is 24.5 Å². The minimum atomic E-state index is -3.08. The number of nitrogens with zero attached hydrogens (tertiary/aromatic N) is 4. The number of nitrogen functional groups attached to an aromatic ring is 1. The fourth-order valence-electron chi connectivity index (χ4n) is 4.50. The Morgan fingerprint density at radius 2 is 2.00 bits per heavy atom. The number of amides is 1. The van der Waals surface area contributed by atoms with Crippen LogP contribution in [-0.2, 0) is 10.7 Å². The summed E-state index contributed by atoms with van der Waals surface area (Å²) < 4.78 is 42.1. The van der Waals surface area contributed by atoms with Crippen LogP contribution < -0.4 is 16.0 Å². The number of nitrogens with two attached hydrogens (primary N) is 1. The van der Waals surface area contributed by atoms with Crippen molar-refractivity contribution in [1.82, 2.24) is 14.9 Å². The first-order chi connectivity index (χ1) is 16.0. The molecule has 0 unspecified atom stereocenters. The van der Waals surface area contributed by atoms with Crippen molar-refractivity contribution in [1.29, 1.82) is 0 Å². The number of nitrogens with one attached hydrogen (secondary N) is 1. The molecular formula is C22H26ClF3N6O2. The van der Waals surface area contributed by atoms with Crippen LogP contribution in [0.1, 0.15) is 31.7 Å². The molecule has 3 atom stereocenters. The van der Waals surface area contributed by atoms with Gasteiger partial charge in [-0.15, -0.1) is 0 Å². The molecule has 0 bridgehead atoms. The molecule has 184 valence electrons. The Bertz CT molecular complexity index is 1070. The molecule has 2 aliphatic heterocycles. The zero-order valence-corrected chi connectivity index (χ0v) is 19.3. The second kappa shape index (κ2) is 9.46. The van der Waals surface area contributed by atoms with Crippen molar-refractivity contribution in [3.8, 4) is 0 Å². The molecule has 3 heterocycles. The average molecular weight is 499 g/mol. The maximum atomic E-state index is 14.5. The standard InChI is InChI=1S/C22H26ClF3N6O2/c1-22(25,26)12-7-13(23)9-14(8-12)30-15-3-2-5-32(21(15)34)16-10-31(6-4-17(16)33)20-18(24)19(27)28-11-29-20/h7-9,11,15-17,30,33H,2-6,10H2,1H3,(H2,27,28,29)/t15-,16+,17+/m1/s1. The summed E-state index contributed by atoms with van der Waals surface area (Å²) in [5, 5.41) is 13.8. The van der Waals surface area contributed by atoms with E-state index in [0.717, 1.165) is 6.92 Å². The highest BCUT2D eigenvalue weighted by Gasteiger charge is 2.40. The summed E-state index contributed by atoms with van der Waals surface area (Å²) in [5.41, 5.74) is 5.62. The van der Waals surface area contributed by atoms with E-state index in [1.807, 2.05) is 0 Å². The molecule has 1 aromatic heterocycles. The summed E-state index contributed by atoms with van der Waals surface area (Å²) in [5.74, 6) is -4.35. The quantitative estimate of drug-likeness (QED) is 0.581. The molecule has 2 saturated heterocycles. The number of anilines is 3. The van der Waals surface area contributed by atoms with Crippen LogP contribution in [0.3, 0.4) is 0 Å². The molecule has 1 aromatic carbocycles. The Hall–Kier alpha value is -2.79. The number of alkyl halides is 2. The second-order valence-corrected chi connectivity index (χ2v) is 9.19. The van der Waals surface area contributed by atoms with Gasteiger partial charge in [-0.2, -0.15) is 4.39 Å². The molecule has 2 aromatic rings. The highest BCUT2D eigenvalue weighted by Crippen LogP contribution is 2.33. The molecule has 0 radical (unpaired) electrons. The fraction of sp³-hybridized carbons (Fsp3) is 0.500. The van der Waals surface area contributed by atoms with E-state index in [1.165, 1.54) is 24.5 Å². The lowest BCUT2D eigenvalue weighted by molar-refractivity contribution is -0.140. The van der Waals surface area contributed by atoms with Gasteiger partial charge >= 0.3 is 0 Å². The maximum Gasteiger partial charge on any atom is 0.270 e. The Balaban J connectivity index is 1.52. The van der Waals surface area contributed by atoms with E-state index in [2.05, 4.69) is 15.3 Å². The molecular weight excluding hydrogens is 473 g/mol. The molecule has 12 heteroatoms. The summed E-state index contributed by atoms with van der Waals surface area (Å²) in [6.45, 7) is 1.69. The number of halogens is 4. The third kappa shape index (κ3) is 5.00. The lowest BCUT2D eigenvalue weighted by atomic mass is 9.95. The van der Waals surface area contributed by atoms with Gasteiger partial charge in [-0.25, -0.2) is 18.7 Å². The molecule has 0 saturated carbocycles. The highest BCUT2D eigenvalue weighted by atomic mass is 35.5. The van der Waals surface area contributed by atoms with E-state index < -0.39 is 29.9 Å². The number of piperidine rings is 2. The van der Waals surface area contributed by atoms with Gasteiger partial charge in [0.25, 0.3) is 5.92 Å². The van der Waals surface area contributed by atoms with Crippen LogP contribution in [0.2, 0.25) is 5.02 Å². The summed E-state index contributed by atoms with van der Waals surface area (Å²) in [6, 6.07) is 2.67. The van der Waals surface area contributed by atoms with Crippen LogP contribution >= 0.6 is 11.6 Å². The van der Waals surface area contributed by atoms with Gasteiger partial charge in [0.05, 0.1) is 12.1 Å². The molecule has 1 amide bonds. The number of carbonyl (C=O) groups is 1. The second-order valence-electron chi connectivity index (χ2n) is 8.75.